The van der Waals surface area contributed by atoms with Gasteiger partial charge >= 0.3 is 0 Å². The van der Waals surface area contributed by atoms with Crippen molar-refractivity contribution in [1.82, 2.24) is 5.32 Å². The first kappa shape index (κ1) is 8.55. The van der Waals surface area contributed by atoms with E-state index in [4.69, 9.17) is 0 Å². The van der Waals surface area contributed by atoms with Gasteiger partial charge in [0.05, 0.1) is 0 Å². The zero-order chi connectivity index (χ0) is 8.39. The van der Waals surface area contributed by atoms with Gasteiger partial charge in [-0.05, 0) is 38.5 Å². The van der Waals surface area contributed by atoms with Gasteiger partial charge in [-0.3, -0.25) is 0 Å². The van der Waals surface area contributed by atoms with E-state index in [2.05, 4.69) is 12.2 Å². The molecule has 0 aromatic rings. The molecule has 1 unspecified atom stereocenters. The second kappa shape index (κ2) is 3.78. The van der Waals surface area contributed by atoms with Crippen LogP contribution in [0.15, 0.2) is 0 Å². The minimum absolute atomic E-state index is 0.789. The van der Waals surface area contributed by atoms with E-state index < -0.39 is 0 Å². The lowest BCUT2D eigenvalue weighted by molar-refractivity contribution is 0.283. The van der Waals surface area contributed by atoms with Crippen LogP contribution in [0, 0.1) is 5.92 Å². The van der Waals surface area contributed by atoms with Crippen molar-refractivity contribution in [1.29, 1.82) is 0 Å². The van der Waals surface area contributed by atoms with Crippen LogP contribution < -0.4 is 5.32 Å². The molecule has 1 saturated carbocycles. The van der Waals surface area contributed by atoms with Gasteiger partial charge in [0.15, 0.2) is 0 Å². The fourth-order valence-corrected chi connectivity index (χ4v) is 2.87. The maximum absolute atomic E-state index is 3.72. The highest BCUT2D eigenvalue weighted by molar-refractivity contribution is 4.87. The second-order valence-corrected chi connectivity index (χ2v) is 4.65. The van der Waals surface area contributed by atoms with Gasteiger partial charge in [0, 0.05) is 12.1 Å². The molecule has 0 bridgehead atoms. The smallest absolute Gasteiger partial charge is 0.00983 e. The highest BCUT2D eigenvalue weighted by Gasteiger charge is 2.28. The Bertz CT molecular complexity index is 135. The number of rotatable bonds is 1. The summed E-state index contributed by atoms with van der Waals surface area (Å²) in [6.07, 6.45) is 10.3. The Hall–Kier alpha value is -0.0400. The summed E-state index contributed by atoms with van der Waals surface area (Å²) in [5.74, 6) is 1.02. The standard InChI is InChI=1S/C11H21N/c1-9-7-8-11(12-9)10-5-3-2-4-6-10/h9-12H,2-8H2,1H3/t9-,11?/m1/s1. The number of nitrogens with one attached hydrogen (secondary N) is 1. The van der Waals surface area contributed by atoms with Crippen molar-refractivity contribution in [2.75, 3.05) is 0 Å². The maximum atomic E-state index is 3.72. The van der Waals surface area contributed by atoms with E-state index in [0.717, 1.165) is 18.0 Å². The fourth-order valence-electron chi connectivity index (χ4n) is 2.87. The molecule has 12 heavy (non-hydrogen) atoms. The van der Waals surface area contributed by atoms with Crippen molar-refractivity contribution in [3.05, 3.63) is 0 Å². The lowest BCUT2D eigenvalue weighted by atomic mass is 9.83. The molecule has 70 valence electrons. The summed E-state index contributed by atoms with van der Waals surface area (Å²) in [6, 6.07) is 1.66. The molecule has 2 fully saturated rings. The molecular weight excluding hydrogens is 146 g/mol. The minimum Gasteiger partial charge on any atom is -0.311 e. The average molecular weight is 167 g/mol. The molecule has 2 atom stereocenters. The number of hydrogen-bond acceptors (Lipinski definition) is 1. The van der Waals surface area contributed by atoms with E-state index >= 15 is 0 Å². The van der Waals surface area contributed by atoms with Gasteiger partial charge in [0.1, 0.15) is 0 Å². The Morgan fingerprint density at radius 1 is 0.917 bits per heavy atom. The highest BCUT2D eigenvalue weighted by Crippen LogP contribution is 2.31. The van der Waals surface area contributed by atoms with E-state index in [1.807, 2.05) is 0 Å². The van der Waals surface area contributed by atoms with Crippen molar-refractivity contribution >= 4 is 0 Å². The molecule has 0 amide bonds. The molecule has 2 aliphatic rings. The maximum Gasteiger partial charge on any atom is 0.00983 e. The third kappa shape index (κ3) is 1.82. The van der Waals surface area contributed by atoms with E-state index in [0.29, 0.717) is 0 Å². The van der Waals surface area contributed by atoms with Crippen LogP contribution in [0.1, 0.15) is 51.9 Å². The zero-order valence-electron chi connectivity index (χ0n) is 8.18. The Kier molecular flexibility index (Phi) is 2.69. The second-order valence-electron chi connectivity index (χ2n) is 4.65. The van der Waals surface area contributed by atoms with Crippen LogP contribution in [0.2, 0.25) is 0 Å². The fraction of sp³-hybridized carbons (Fsp3) is 1.00. The monoisotopic (exact) mass is 167 g/mol. The lowest BCUT2D eigenvalue weighted by Crippen LogP contribution is -2.34. The number of hydrogen-bond donors (Lipinski definition) is 1. The van der Waals surface area contributed by atoms with Crippen LogP contribution in [0.25, 0.3) is 0 Å². The Morgan fingerprint density at radius 3 is 2.25 bits per heavy atom. The third-order valence-corrected chi connectivity index (χ3v) is 3.63. The van der Waals surface area contributed by atoms with Crippen LogP contribution >= 0.6 is 0 Å². The van der Waals surface area contributed by atoms with Crippen LogP contribution in [-0.4, -0.2) is 12.1 Å². The largest absolute Gasteiger partial charge is 0.311 e. The quantitative estimate of drug-likeness (QED) is 0.633. The average Bonchev–Trinajstić information content (AvgIpc) is 2.54. The molecule has 1 N–H and O–H groups in total. The van der Waals surface area contributed by atoms with Gasteiger partial charge in [0.2, 0.25) is 0 Å². The summed E-state index contributed by atoms with van der Waals surface area (Å²) >= 11 is 0. The van der Waals surface area contributed by atoms with Crippen LogP contribution in [0.3, 0.4) is 0 Å². The molecule has 0 spiro atoms. The first-order valence-electron chi connectivity index (χ1n) is 5.62. The molecule has 1 heterocycles. The zero-order valence-corrected chi connectivity index (χ0v) is 8.18. The van der Waals surface area contributed by atoms with Crippen molar-refractivity contribution in [2.45, 2.75) is 64.0 Å². The van der Waals surface area contributed by atoms with Gasteiger partial charge in [-0.2, -0.15) is 0 Å². The normalized spacial score (nSPS) is 38.8. The van der Waals surface area contributed by atoms with E-state index in [-0.39, 0.29) is 0 Å². The van der Waals surface area contributed by atoms with Crippen molar-refractivity contribution in [2.24, 2.45) is 5.92 Å². The summed E-state index contributed by atoms with van der Waals surface area (Å²) in [5, 5.41) is 3.72. The first-order valence-corrected chi connectivity index (χ1v) is 5.62. The Morgan fingerprint density at radius 2 is 1.67 bits per heavy atom. The Balaban J connectivity index is 1.83. The molecule has 0 aromatic carbocycles. The summed E-state index contributed by atoms with van der Waals surface area (Å²) in [4.78, 5) is 0. The van der Waals surface area contributed by atoms with Gasteiger partial charge in [0.25, 0.3) is 0 Å². The van der Waals surface area contributed by atoms with Crippen molar-refractivity contribution < 1.29 is 0 Å². The summed E-state index contributed by atoms with van der Waals surface area (Å²) in [5.41, 5.74) is 0. The highest BCUT2D eigenvalue weighted by atomic mass is 15.0. The molecule has 2 rings (SSSR count). The van der Waals surface area contributed by atoms with Crippen molar-refractivity contribution in [3.8, 4) is 0 Å². The first-order chi connectivity index (χ1) is 5.86. The molecule has 1 nitrogen and oxygen atoms in total. The van der Waals surface area contributed by atoms with Crippen LogP contribution in [-0.2, 0) is 0 Å². The minimum atomic E-state index is 0.789. The molecule has 1 saturated heterocycles. The summed E-state index contributed by atoms with van der Waals surface area (Å²) < 4.78 is 0. The molecule has 0 radical (unpaired) electrons. The summed E-state index contributed by atoms with van der Waals surface area (Å²) in [7, 11) is 0. The van der Waals surface area contributed by atoms with Crippen molar-refractivity contribution in [3.63, 3.8) is 0 Å². The molecule has 0 aromatic heterocycles. The Labute approximate surface area is 75.9 Å². The summed E-state index contributed by atoms with van der Waals surface area (Å²) in [6.45, 7) is 2.32. The van der Waals surface area contributed by atoms with Gasteiger partial charge in [-0.1, -0.05) is 19.3 Å². The predicted octanol–water partition coefficient (Wildman–Crippen LogP) is 2.71. The molecule has 1 aliphatic carbocycles. The van der Waals surface area contributed by atoms with E-state index in [9.17, 15) is 0 Å². The SMILES string of the molecule is C[C@@H]1CCC(C2CCCCC2)N1. The van der Waals surface area contributed by atoms with Gasteiger partial charge in [-0.15, -0.1) is 0 Å². The molecule has 1 heteroatoms. The van der Waals surface area contributed by atoms with E-state index in [1.165, 1.54) is 44.9 Å². The third-order valence-electron chi connectivity index (χ3n) is 3.63. The molecular formula is C11H21N. The molecule has 1 aliphatic heterocycles. The van der Waals surface area contributed by atoms with Gasteiger partial charge in [-0.25, -0.2) is 0 Å². The lowest BCUT2D eigenvalue weighted by Gasteiger charge is -2.27. The predicted molar refractivity (Wildman–Crippen MR) is 52.2 cm³/mol. The van der Waals surface area contributed by atoms with E-state index in [1.54, 1.807) is 0 Å². The van der Waals surface area contributed by atoms with Crippen LogP contribution in [0.5, 0.6) is 0 Å². The van der Waals surface area contributed by atoms with Gasteiger partial charge < -0.3 is 5.32 Å². The van der Waals surface area contributed by atoms with Crippen LogP contribution in [0.4, 0.5) is 0 Å². The topological polar surface area (TPSA) is 12.0 Å².